The summed E-state index contributed by atoms with van der Waals surface area (Å²) in [6.45, 7) is -0.0815. The maximum absolute atomic E-state index is 15.0. The Kier molecular flexibility index (Phi) is 5.53. The van der Waals surface area contributed by atoms with Crippen LogP contribution in [-0.2, 0) is 6.61 Å². The topological polar surface area (TPSA) is 61.3 Å². The van der Waals surface area contributed by atoms with Crippen LogP contribution in [0, 0.1) is 17.5 Å². The quantitative estimate of drug-likeness (QED) is 0.327. The second-order valence-corrected chi connectivity index (χ2v) is 6.58. The summed E-state index contributed by atoms with van der Waals surface area (Å²) < 4.78 is 53.9. The number of methoxy groups -OCH3 is 1. The van der Waals surface area contributed by atoms with Crippen LogP contribution in [0.3, 0.4) is 0 Å². The zero-order chi connectivity index (χ0) is 22.0. The van der Waals surface area contributed by atoms with Gasteiger partial charge in [0.25, 0.3) is 0 Å². The highest BCUT2D eigenvalue weighted by Crippen LogP contribution is 2.29. The third-order valence-corrected chi connectivity index (χ3v) is 4.58. The van der Waals surface area contributed by atoms with Crippen molar-refractivity contribution in [3.8, 4) is 11.6 Å². The average Bonchev–Trinajstić information content (AvgIpc) is 2.80. The molecule has 0 saturated carbocycles. The van der Waals surface area contributed by atoms with Crippen LogP contribution >= 0.6 is 0 Å². The summed E-state index contributed by atoms with van der Waals surface area (Å²) in [6, 6.07) is 13.5. The number of hydrogen-bond donors (Lipinski definition) is 0. The van der Waals surface area contributed by atoms with Crippen LogP contribution in [0.25, 0.3) is 11.0 Å². The van der Waals surface area contributed by atoms with Gasteiger partial charge in [0.2, 0.25) is 5.88 Å². The molecule has 8 heteroatoms. The highest BCUT2D eigenvalue weighted by Gasteiger charge is 2.26. The van der Waals surface area contributed by atoms with Crippen molar-refractivity contribution in [2.45, 2.75) is 6.61 Å². The lowest BCUT2D eigenvalue weighted by Crippen LogP contribution is -2.11. The van der Waals surface area contributed by atoms with Gasteiger partial charge in [-0.1, -0.05) is 30.3 Å². The molecular weight excluding hydrogens is 409 g/mol. The number of fused-ring (bicyclic) bond motifs is 1. The van der Waals surface area contributed by atoms with Crippen molar-refractivity contribution in [1.29, 1.82) is 0 Å². The summed E-state index contributed by atoms with van der Waals surface area (Å²) in [5, 5.41) is 0. The van der Waals surface area contributed by atoms with Gasteiger partial charge in [0.1, 0.15) is 12.2 Å². The second kappa shape index (κ2) is 8.43. The smallest absolute Gasteiger partial charge is 0.232 e. The molecule has 156 valence electrons. The number of ether oxygens (including phenoxy) is 2. The predicted octanol–water partition coefficient (Wildman–Crippen LogP) is 4.87. The highest BCUT2D eigenvalue weighted by atomic mass is 19.2. The minimum atomic E-state index is -1.59. The molecule has 0 aliphatic heterocycles. The van der Waals surface area contributed by atoms with E-state index in [1.165, 1.54) is 31.5 Å². The molecule has 1 heterocycles. The first-order chi connectivity index (χ1) is 15.0. The van der Waals surface area contributed by atoms with Crippen LogP contribution in [-0.4, -0.2) is 22.9 Å². The Morgan fingerprint density at radius 1 is 0.968 bits per heavy atom. The van der Waals surface area contributed by atoms with Gasteiger partial charge in [0, 0.05) is 11.6 Å². The second-order valence-electron chi connectivity index (χ2n) is 6.58. The fraction of sp³-hybridized carbons (Fsp3) is 0.0870. The summed E-state index contributed by atoms with van der Waals surface area (Å²) in [7, 11) is 1.40. The van der Waals surface area contributed by atoms with Crippen LogP contribution in [0.1, 0.15) is 21.5 Å². The van der Waals surface area contributed by atoms with Gasteiger partial charge in [-0.25, -0.2) is 23.1 Å². The molecule has 5 nitrogen and oxygen atoms in total. The Hall–Kier alpha value is -3.94. The number of ketones is 1. The van der Waals surface area contributed by atoms with Crippen LogP contribution in [0.2, 0.25) is 0 Å². The van der Waals surface area contributed by atoms with Gasteiger partial charge in [0.15, 0.2) is 29.0 Å². The fourth-order valence-corrected chi connectivity index (χ4v) is 3.00. The van der Waals surface area contributed by atoms with E-state index < -0.39 is 34.5 Å². The molecule has 0 bridgehead atoms. The Labute approximate surface area is 175 Å². The number of benzene rings is 3. The minimum Gasteiger partial charge on any atom is -0.486 e. The Bertz CT molecular complexity index is 1280. The predicted molar refractivity (Wildman–Crippen MR) is 107 cm³/mol. The number of hydrogen-bond acceptors (Lipinski definition) is 5. The van der Waals surface area contributed by atoms with E-state index in [-0.39, 0.29) is 23.6 Å². The number of carbonyl (C=O) groups is 1. The van der Waals surface area contributed by atoms with E-state index in [1.807, 2.05) is 0 Å². The molecule has 4 aromatic rings. The molecule has 31 heavy (non-hydrogen) atoms. The SMILES string of the molecule is COc1cnc2ccc(C(=O)c3c(F)c(F)cc(OCc4ccccc4)c3F)cc2n1. The molecule has 0 aliphatic carbocycles. The first-order valence-corrected chi connectivity index (χ1v) is 9.17. The van der Waals surface area contributed by atoms with Crippen molar-refractivity contribution >= 4 is 16.8 Å². The van der Waals surface area contributed by atoms with Crippen LogP contribution in [0.15, 0.2) is 60.8 Å². The van der Waals surface area contributed by atoms with Gasteiger partial charge in [0.05, 0.1) is 24.3 Å². The van der Waals surface area contributed by atoms with Gasteiger partial charge in [-0.2, -0.15) is 0 Å². The lowest BCUT2D eigenvalue weighted by Gasteiger charge is -2.12. The number of halogens is 3. The molecule has 4 rings (SSSR count). The monoisotopic (exact) mass is 424 g/mol. The van der Waals surface area contributed by atoms with E-state index in [9.17, 15) is 18.0 Å². The van der Waals surface area contributed by atoms with Crippen LogP contribution in [0.5, 0.6) is 11.6 Å². The molecular formula is C23H15F3N2O3. The van der Waals surface area contributed by atoms with Gasteiger partial charge in [-0.3, -0.25) is 4.79 Å². The summed E-state index contributed by atoms with van der Waals surface area (Å²) >= 11 is 0. The molecule has 0 radical (unpaired) electrons. The first-order valence-electron chi connectivity index (χ1n) is 9.17. The van der Waals surface area contributed by atoms with E-state index in [0.717, 1.165) is 0 Å². The van der Waals surface area contributed by atoms with E-state index in [2.05, 4.69) is 9.97 Å². The maximum atomic E-state index is 15.0. The lowest BCUT2D eigenvalue weighted by molar-refractivity contribution is 0.102. The van der Waals surface area contributed by atoms with E-state index in [0.29, 0.717) is 17.1 Å². The minimum absolute atomic E-state index is 0.0815. The summed E-state index contributed by atoms with van der Waals surface area (Å²) in [5.41, 5.74) is 0.291. The van der Waals surface area contributed by atoms with E-state index in [4.69, 9.17) is 9.47 Å². The van der Waals surface area contributed by atoms with Crippen molar-refractivity contribution in [1.82, 2.24) is 9.97 Å². The number of nitrogens with zero attached hydrogens (tertiary/aromatic N) is 2. The maximum Gasteiger partial charge on any atom is 0.232 e. The van der Waals surface area contributed by atoms with Gasteiger partial charge < -0.3 is 9.47 Å². The van der Waals surface area contributed by atoms with Crippen molar-refractivity contribution in [3.05, 3.63) is 94.9 Å². The van der Waals surface area contributed by atoms with Crippen molar-refractivity contribution in [2.24, 2.45) is 0 Å². The molecule has 0 N–H and O–H groups in total. The van der Waals surface area contributed by atoms with Gasteiger partial charge in [-0.15, -0.1) is 0 Å². The normalized spacial score (nSPS) is 10.8. The van der Waals surface area contributed by atoms with Crippen molar-refractivity contribution in [2.75, 3.05) is 7.11 Å². The number of aromatic nitrogens is 2. The van der Waals surface area contributed by atoms with Gasteiger partial charge in [-0.05, 0) is 23.8 Å². The van der Waals surface area contributed by atoms with Crippen molar-refractivity contribution < 1.29 is 27.4 Å². The average molecular weight is 424 g/mol. The Balaban J connectivity index is 1.71. The molecule has 0 atom stereocenters. The zero-order valence-corrected chi connectivity index (χ0v) is 16.2. The molecule has 0 amide bonds. The van der Waals surface area contributed by atoms with E-state index in [1.54, 1.807) is 30.3 Å². The molecule has 1 aromatic heterocycles. The van der Waals surface area contributed by atoms with Crippen molar-refractivity contribution in [3.63, 3.8) is 0 Å². The fourth-order valence-electron chi connectivity index (χ4n) is 3.00. The molecule has 0 aliphatic rings. The molecule has 0 saturated heterocycles. The van der Waals surface area contributed by atoms with E-state index >= 15 is 0 Å². The third-order valence-electron chi connectivity index (χ3n) is 4.58. The number of rotatable bonds is 6. The first kappa shape index (κ1) is 20.3. The molecule has 3 aromatic carbocycles. The summed E-state index contributed by atoms with van der Waals surface area (Å²) in [6.07, 6.45) is 1.39. The third kappa shape index (κ3) is 4.05. The molecule has 0 spiro atoms. The molecule has 0 fully saturated rings. The summed E-state index contributed by atoms with van der Waals surface area (Å²) in [5.74, 6) is -5.67. The zero-order valence-electron chi connectivity index (χ0n) is 16.2. The molecule has 0 unspecified atom stereocenters. The summed E-state index contributed by atoms with van der Waals surface area (Å²) in [4.78, 5) is 21.1. The van der Waals surface area contributed by atoms with Gasteiger partial charge >= 0.3 is 0 Å². The van der Waals surface area contributed by atoms with Crippen LogP contribution in [0.4, 0.5) is 13.2 Å². The Morgan fingerprint density at radius 2 is 1.74 bits per heavy atom. The largest absolute Gasteiger partial charge is 0.486 e. The number of carbonyl (C=O) groups excluding carboxylic acids is 1. The highest BCUT2D eigenvalue weighted by molar-refractivity contribution is 6.10. The Morgan fingerprint density at radius 3 is 2.48 bits per heavy atom. The lowest BCUT2D eigenvalue weighted by atomic mass is 10.0. The standard InChI is InChI=1S/C23H15F3N2O3/c1-30-19-11-27-16-8-7-14(9-17(16)28-19)23(29)20-21(25)15(24)10-18(22(20)26)31-12-13-5-3-2-4-6-13/h2-11H,12H2,1H3. The van der Waals surface area contributed by atoms with Crippen LogP contribution < -0.4 is 9.47 Å².